The maximum absolute atomic E-state index is 9.23. The quantitative estimate of drug-likeness (QED) is 0.737. The molecule has 0 aromatic heterocycles. The van der Waals surface area contributed by atoms with Crippen LogP contribution in [0.2, 0.25) is 0 Å². The van der Waals surface area contributed by atoms with E-state index in [0.717, 1.165) is 25.9 Å². The molecular weight excluding hydrogens is 186 g/mol. The van der Waals surface area contributed by atoms with Gasteiger partial charge in [0.15, 0.2) is 5.60 Å². The highest BCUT2D eigenvalue weighted by Crippen LogP contribution is 2.27. The average molecular weight is 201 g/mol. The fourth-order valence-corrected chi connectivity index (χ4v) is 2.05. The number of ether oxygens (including phenoxy) is 1. The zero-order valence-electron chi connectivity index (χ0n) is 8.78. The van der Waals surface area contributed by atoms with Crippen LogP contribution < -0.4 is 0 Å². The standard InChI is InChI=1S/C13H15NO/c14-11-13(8-4-5-9-15-13)10-12-6-2-1-3-7-12/h1-3,6-7H,4-5,8-10H2. The van der Waals surface area contributed by atoms with Gasteiger partial charge in [-0.3, -0.25) is 0 Å². The molecule has 2 nitrogen and oxygen atoms in total. The molecule has 0 amide bonds. The zero-order valence-corrected chi connectivity index (χ0v) is 8.78. The first-order valence-corrected chi connectivity index (χ1v) is 5.44. The molecule has 78 valence electrons. The van der Waals surface area contributed by atoms with Gasteiger partial charge in [0.05, 0.1) is 6.07 Å². The molecule has 0 N–H and O–H groups in total. The maximum Gasteiger partial charge on any atom is 0.158 e. The van der Waals surface area contributed by atoms with Crippen molar-refractivity contribution in [3.63, 3.8) is 0 Å². The summed E-state index contributed by atoms with van der Waals surface area (Å²) < 4.78 is 5.66. The molecule has 1 saturated heterocycles. The summed E-state index contributed by atoms with van der Waals surface area (Å²) >= 11 is 0. The summed E-state index contributed by atoms with van der Waals surface area (Å²) in [5.74, 6) is 0. The van der Waals surface area contributed by atoms with Gasteiger partial charge in [-0.1, -0.05) is 30.3 Å². The van der Waals surface area contributed by atoms with Crippen LogP contribution in [0.1, 0.15) is 24.8 Å². The Morgan fingerprint density at radius 3 is 2.67 bits per heavy atom. The van der Waals surface area contributed by atoms with Crippen molar-refractivity contribution in [3.05, 3.63) is 35.9 Å². The van der Waals surface area contributed by atoms with E-state index in [1.54, 1.807) is 0 Å². The molecule has 0 spiro atoms. The van der Waals surface area contributed by atoms with Gasteiger partial charge in [0.1, 0.15) is 0 Å². The Hall–Kier alpha value is -1.33. The van der Waals surface area contributed by atoms with E-state index in [-0.39, 0.29) is 0 Å². The maximum atomic E-state index is 9.23. The first kappa shape index (κ1) is 10.2. The minimum Gasteiger partial charge on any atom is -0.360 e. The fraction of sp³-hybridized carbons (Fsp3) is 0.462. The van der Waals surface area contributed by atoms with E-state index in [2.05, 4.69) is 18.2 Å². The Morgan fingerprint density at radius 2 is 2.07 bits per heavy atom. The Bertz CT molecular complexity index is 347. The van der Waals surface area contributed by atoms with E-state index in [4.69, 9.17) is 4.74 Å². The molecule has 0 saturated carbocycles. The third kappa shape index (κ3) is 2.37. The van der Waals surface area contributed by atoms with Crippen LogP contribution in [0.3, 0.4) is 0 Å². The van der Waals surface area contributed by atoms with Crippen molar-refractivity contribution in [2.24, 2.45) is 0 Å². The lowest BCUT2D eigenvalue weighted by Crippen LogP contribution is -2.36. The number of benzene rings is 1. The van der Waals surface area contributed by atoms with Gasteiger partial charge in [0, 0.05) is 13.0 Å². The van der Waals surface area contributed by atoms with Crippen LogP contribution in [0.25, 0.3) is 0 Å². The number of nitrogens with zero attached hydrogens (tertiary/aromatic N) is 1. The van der Waals surface area contributed by atoms with Crippen LogP contribution in [0, 0.1) is 11.3 Å². The molecular formula is C13H15NO. The second-order valence-corrected chi connectivity index (χ2v) is 4.07. The molecule has 1 unspecified atom stereocenters. The molecule has 0 bridgehead atoms. The predicted molar refractivity (Wildman–Crippen MR) is 58.3 cm³/mol. The van der Waals surface area contributed by atoms with E-state index in [0.29, 0.717) is 6.42 Å². The van der Waals surface area contributed by atoms with Crippen LogP contribution in [-0.2, 0) is 11.2 Å². The van der Waals surface area contributed by atoms with Gasteiger partial charge in [-0.05, 0) is 24.8 Å². The van der Waals surface area contributed by atoms with E-state index in [1.807, 2.05) is 18.2 Å². The van der Waals surface area contributed by atoms with Crippen molar-refractivity contribution < 1.29 is 4.74 Å². The Balaban J connectivity index is 2.12. The van der Waals surface area contributed by atoms with Crippen molar-refractivity contribution in [1.29, 1.82) is 5.26 Å². The second kappa shape index (κ2) is 4.46. The van der Waals surface area contributed by atoms with Crippen LogP contribution in [0.5, 0.6) is 0 Å². The third-order valence-corrected chi connectivity index (χ3v) is 2.89. The topological polar surface area (TPSA) is 33.0 Å². The highest BCUT2D eigenvalue weighted by molar-refractivity contribution is 5.21. The Morgan fingerprint density at radius 1 is 1.27 bits per heavy atom. The highest BCUT2D eigenvalue weighted by atomic mass is 16.5. The summed E-state index contributed by atoms with van der Waals surface area (Å²) in [6.45, 7) is 0.723. The Kier molecular flexibility index (Phi) is 3.03. The van der Waals surface area contributed by atoms with Gasteiger partial charge in [0.25, 0.3) is 0 Å². The average Bonchev–Trinajstić information content (AvgIpc) is 2.32. The molecule has 0 radical (unpaired) electrons. The van der Waals surface area contributed by atoms with E-state index in [9.17, 15) is 5.26 Å². The molecule has 15 heavy (non-hydrogen) atoms. The van der Waals surface area contributed by atoms with Gasteiger partial charge >= 0.3 is 0 Å². The SMILES string of the molecule is N#CC1(Cc2ccccc2)CCCCO1. The first-order chi connectivity index (χ1) is 7.35. The zero-order chi connectivity index (χ0) is 10.6. The molecule has 0 aliphatic carbocycles. The van der Waals surface area contributed by atoms with E-state index in [1.165, 1.54) is 5.56 Å². The molecule has 1 aliphatic heterocycles. The molecule has 1 heterocycles. The second-order valence-electron chi connectivity index (χ2n) is 4.07. The number of hydrogen-bond donors (Lipinski definition) is 0. The van der Waals surface area contributed by atoms with Crippen LogP contribution in [-0.4, -0.2) is 12.2 Å². The largest absolute Gasteiger partial charge is 0.360 e. The smallest absolute Gasteiger partial charge is 0.158 e. The molecule has 1 atom stereocenters. The van der Waals surface area contributed by atoms with Gasteiger partial charge < -0.3 is 4.74 Å². The van der Waals surface area contributed by atoms with Crippen molar-refractivity contribution in [3.8, 4) is 6.07 Å². The molecule has 1 aromatic rings. The van der Waals surface area contributed by atoms with E-state index >= 15 is 0 Å². The summed E-state index contributed by atoms with van der Waals surface area (Å²) in [4.78, 5) is 0. The number of rotatable bonds is 2. The summed E-state index contributed by atoms with van der Waals surface area (Å²) in [6, 6.07) is 12.4. The van der Waals surface area contributed by atoms with Gasteiger partial charge in [0.2, 0.25) is 0 Å². The summed E-state index contributed by atoms with van der Waals surface area (Å²) in [5.41, 5.74) is 0.612. The Labute approximate surface area is 90.5 Å². The molecule has 2 heteroatoms. The lowest BCUT2D eigenvalue weighted by Gasteiger charge is -2.31. The summed E-state index contributed by atoms with van der Waals surface area (Å²) in [6.07, 6.45) is 3.75. The van der Waals surface area contributed by atoms with Gasteiger partial charge in [-0.15, -0.1) is 0 Å². The molecule has 1 aliphatic rings. The summed E-state index contributed by atoms with van der Waals surface area (Å²) in [5, 5.41) is 9.23. The molecule has 1 aromatic carbocycles. The predicted octanol–water partition coefficient (Wildman–Crippen LogP) is 2.69. The molecule has 2 rings (SSSR count). The first-order valence-electron chi connectivity index (χ1n) is 5.44. The van der Waals surface area contributed by atoms with E-state index < -0.39 is 5.60 Å². The van der Waals surface area contributed by atoms with Crippen LogP contribution in [0.15, 0.2) is 30.3 Å². The van der Waals surface area contributed by atoms with Crippen LogP contribution >= 0.6 is 0 Å². The van der Waals surface area contributed by atoms with Crippen LogP contribution in [0.4, 0.5) is 0 Å². The van der Waals surface area contributed by atoms with Gasteiger partial charge in [-0.25, -0.2) is 0 Å². The number of hydrogen-bond acceptors (Lipinski definition) is 2. The minimum atomic E-state index is -0.570. The third-order valence-electron chi connectivity index (χ3n) is 2.89. The monoisotopic (exact) mass is 201 g/mol. The number of nitriles is 1. The van der Waals surface area contributed by atoms with Crippen molar-refractivity contribution in [2.45, 2.75) is 31.3 Å². The minimum absolute atomic E-state index is 0.570. The van der Waals surface area contributed by atoms with Crippen molar-refractivity contribution in [2.75, 3.05) is 6.61 Å². The van der Waals surface area contributed by atoms with Gasteiger partial charge in [-0.2, -0.15) is 5.26 Å². The fourth-order valence-electron chi connectivity index (χ4n) is 2.05. The molecule has 1 fully saturated rings. The lowest BCUT2D eigenvalue weighted by molar-refractivity contribution is -0.0367. The van der Waals surface area contributed by atoms with Crippen molar-refractivity contribution in [1.82, 2.24) is 0 Å². The van der Waals surface area contributed by atoms with Crippen molar-refractivity contribution >= 4 is 0 Å². The normalized spacial score (nSPS) is 25.8. The summed E-state index contributed by atoms with van der Waals surface area (Å²) in [7, 11) is 0. The lowest BCUT2D eigenvalue weighted by atomic mass is 9.88. The highest BCUT2D eigenvalue weighted by Gasteiger charge is 2.33.